The summed E-state index contributed by atoms with van der Waals surface area (Å²) in [5.41, 5.74) is 2.10. The highest BCUT2D eigenvalue weighted by molar-refractivity contribution is 7.89. The van der Waals surface area contributed by atoms with Crippen LogP contribution in [0.4, 0.5) is 0 Å². The van der Waals surface area contributed by atoms with Crippen LogP contribution in [0.2, 0.25) is 0 Å². The molecule has 17 heavy (non-hydrogen) atoms. The summed E-state index contributed by atoms with van der Waals surface area (Å²) in [5.74, 6) is 0. The Morgan fingerprint density at radius 3 is 2.59 bits per heavy atom. The van der Waals surface area contributed by atoms with Gasteiger partial charge < -0.3 is 5.32 Å². The van der Waals surface area contributed by atoms with Crippen LogP contribution >= 0.6 is 0 Å². The van der Waals surface area contributed by atoms with Gasteiger partial charge in [-0.1, -0.05) is 13.0 Å². The molecule has 1 aromatic carbocycles. The van der Waals surface area contributed by atoms with Crippen molar-refractivity contribution >= 4 is 10.0 Å². The molecule has 0 heterocycles. The number of aryl methyl sites for hydroxylation is 1. The van der Waals surface area contributed by atoms with Gasteiger partial charge in [-0.15, -0.1) is 0 Å². The van der Waals surface area contributed by atoms with E-state index in [0.29, 0.717) is 18.0 Å². The van der Waals surface area contributed by atoms with Crippen molar-refractivity contribution in [3.8, 4) is 0 Å². The van der Waals surface area contributed by atoms with Gasteiger partial charge in [0, 0.05) is 13.1 Å². The van der Waals surface area contributed by atoms with Crippen molar-refractivity contribution in [3.63, 3.8) is 0 Å². The molecule has 96 valence electrons. The Morgan fingerprint density at radius 1 is 1.29 bits per heavy atom. The maximum absolute atomic E-state index is 11.9. The molecule has 5 heteroatoms. The molecule has 0 aliphatic carbocycles. The number of sulfonamides is 1. The maximum atomic E-state index is 11.9. The van der Waals surface area contributed by atoms with Gasteiger partial charge in [0.1, 0.15) is 0 Å². The molecule has 1 rings (SSSR count). The van der Waals surface area contributed by atoms with Gasteiger partial charge >= 0.3 is 0 Å². The van der Waals surface area contributed by atoms with E-state index in [1.807, 2.05) is 27.0 Å². The average molecular weight is 256 g/mol. The maximum Gasteiger partial charge on any atom is 0.240 e. The van der Waals surface area contributed by atoms with E-state index in [-0.39, 0.29) is 0 Å². The largest absolute Gasteiger partial charge is 0.316 e. The number of nitrogens with one attached hydrogen (secondary N) is 2. The van der Waals surface area contributed by atoms with Gasteiger partial charge in [-0.3, -0.25) is 0 Å². The first-order valence-electron chi connectivity index (χ1n) is 5.75. The van der Waals surface area contributed by atoms with Crippen LogP contribution in [0.5, 0.6) is 0 Å². The minimum atomic E-state index is -3.36. The summed E-state index contributed by atoms with van der Waals surface area (Å²) in [6, 6.07) is 5.21. The minimum Gasteiger partial charge on any atom is -0.316 e. The van der Waals surface area contributed by atoms with Crippen LogP contribution in [0.3, 0.4) is 0 Å². The van der Waals surface area contributed by atoms with Gasteiger partial charge in [0.2, 0.25) is 10.0 Å². The Labute approximate surface area is 103 Å². The van der Waals surface area contributed by atoms with Crippen LogP contribution in [0, 0.1) is 6.92 Å². The zero-order chi connectivity index (χ0) is 12.9. The predicted octanol–water partition coefficient (Wildman–Crippen LogP) is 1.40. The van der Waals surface area contributed by atoms with E-state index in [4.69, 9.17) is 0 Å². The first kappa shape index (κ1) is 14.2. The number of rotatable bonds is 6. The molecule has 0 unspecified atom stereocenters. The van der Waals surface area contributed by atoms with Crippen molar-refractivity contribution < 1.29 is 8.42 Å². The van der Waals surface area contributed by atoms with Gasteiger partial charge in [0.25, 0.3) is 0 Å². The molecule has 4 nitrogen and oxygen atoms in total. The number of hydrogen-bond donors (Lipinski definition) is 2. The van der Waals surface area contributed by atoms with Crippen LogP contribution in [0.15, 0.2) is 23.1 Å². The summed E-state index contributed by atoms with van der Waals surface area (Å²) in [4.78, 5) is 0.335. The first-order valence-corrected chi connectivity index (χ1v) is 7.23. The Balaban J connectivity index is 3.02. The molecule has 0 saturated carbocycles. The van der Waals surface area contributed by atoms with Crippen LogP contribution in [0.25, 0.3) is 0 Å². The molecule has 0 aliphatic heterocycles. The van der Waals surface area contributed by atoms with Crippen LogP contribution in [0.1, 0.15) is 24.5 Å². The van der Waals surface area contributed by atoms with E-state index < -0.39 is 10.0 Å². The normalized spacial score (nSPS) is 11.7. The Bertz CT molecular complexity index is 469. The van der Waals surface area contributed by atoms with E-state index in [1.165, 1.54) is 0 Å². The zero-order valence-corrected chi connectivity index (χ0v) is 11.4. The van der Waals surface area contributed by atoms with Gasteiger partial charge in [-0.25, -0.2) is 13.1 Å². The Kier molecular flexibility index (Phi) is 5.11. The summed E-state index contributed by atoms with van der Waals surface area (Å²) >= 11 is 0. The highest BCUT2D eigenvalue weighted by Crippen LogP contribution is 2.15. The van der Waals surface area contributed by atoms with Gasteiger partial charge in [-0.2, -0.15) is 0 Å². The minimum absolute atomic E-state index is 0.335. The molecule has 0 bridgehead atoms. The topological polar surface area (TPSA) is 58.2 Å². The molecule has 0 radical (unpaired) electrons. The van der Waals surface area contributed by atoms with Crippen molar-refractivity contribution in [3.05, 3.63) is 29.3 Å². The van der Waals surface area contributed by atoms with E-state index in [9.17, 15) is 8.42 Å². The van der Waals surface area contributed by atoms with Crippen molar-refractivity contribution in [2.75, 3.05) is 13.6 Å². The summed E-state index contributed by atoms with van der Waals surface area (Å²) < 4.78 is 26.4. The molecule has 0 aromatic heterocycles. The highest BCUT2D eigenvalue weighted by atomic mass is 32.2. The second-order valence-corrected chi connectivity index (χ2v) is 5.78. The van der Waals surface area contributed by atoms with Crippen molar-refractivity contribution in [1.82, 2.24) is 10.0 Å². The van der Waals surface area contributed by atoms with Gasteiger partial charge in [-0.05, 0) is 43.7 Å². The molecule has 2 N–H and O–H groups in total. The third-order valence-electron chi connectivity index (χ3n) is 2.54. The van der Waals surface area contributed by atoms with Crippen LogP contribution in [-0.2, 0) is 16.6 Å². The lowest BCUT2D eigenvalue weighted by atomic mass is 10.1. The molecule has 0 amide bonds. The highest BCUT2D eigenvalue weighted by Gasteiger charge is 2.13. The number of benzene rings is 1. The Morgan fingerprint density at radius 2 is 2.00 bits per heavy atom. The molecule has 1 aromatic rings. The summed E-state index contributed by atoms with van der Waals surface area (Å²) in [5, 5.41) is 3.03. The van der Waals surface area contributed by atoms with Crippen LogP contribution < -0.4 is 10.0 Å². The van der Waals surface area contributed by atoms with Gasteiger partial charge in [0.05, 0.1) is 4.90 Å². The van der Waals surface area contributed by atoms with Crippen molar-refractivity contribution in [2.45, 2.75) is 31.7 Å². The predicted molar refractivity (Wildman–Crippen MR) is 69.4 cm³/mol. The lowest BCUT2D eigenvalue weighted by molar-refractivity contribution is 0.580. The molecule has 0 spiro atoms. The third kappa shape index (κ3) is 3.80. The first-order chi connectivity index (χ1) is 8.01. The summed E-state index contributed by atoms with van der Waals surface area (Å²) in [7, 11) is -1.51. The summed E-state index contributed by atoms with van der Waals surface area (Å²) in [6.07, 6.45) is 0.786. The van der Waals surface area contributed by atoms with Gasteiger partial charge in [0.15, 0.2) is 0 Å². The Hall–Kier alpha value is -0.910. The fourth-order valence-electron chi connectivity index (χ4n) is 1.52. The summed E-state index contributed by atoms with van der Waals surface area (Å²) in [6.45, 7) is 5.05. The molecular formula is C12H20N2O2S. The average Bonchev–Trinajstić information content (AvgIpc) is 2.29. The molecule has 0 fully saturated rings. The lowest BCUT2D eigenvalue weighted by Gasteiger charge is -2.10. The monoisotopic (exact) mass is 256 g/mol. The fourth-order valence-corrected chi connectivity index (χ4v) is 2.70. The van der Waals surface area contributed by atoms with E-state index in [0.717, 1.165) is 17.5 Å². The SMILES string of the molecule is CCCNS(=O)(=O)c1ccc(C)c(CNC)c1. The smallest absolute Gasteiger partial charge is 0.240 e. The molecule has 0 aliphatic rings. The lowest BCUT2D eigenvalue weighted by Crippen LogP contribution is -2.24. The molecular weight excluding hydrogens is 236 g/mol. The molecule has 0 saturated heterocycles. The van der Waals surface area contributed by atoms with E-state index in [1.54, 1.807) is 12.1 Å². The third-order valence-corrected chi connectivity index (χ3v) is 4.00. The second kappa shape index (κ2) is 6.14. The number of hydrogen-bond acceptors (Lipinski definition) is 3. The van der Waals surface area contributed by atoms with E-state index in [2.05, 4.69) is 10.0 Å². The quantitative estimate of drug-likeness (QED) is 0.809. The zero-order valence-electron chi connectivity index (χ0n) is 10.6. The standard InChI is InChI=1S/C12H20N2O2S/c1-4-7-14-17(15,16)12-6-5-10(2)11(8-12)9-13-3/h5-6,8,13-14H,4,7,9H2,1-3H3. The van der Waals surface area contributed by atoms with Crippen molar-refractivity contribution in [2.24, 2.45) is 0 Å². The fraction of sp³-hybridized carbons (Fsp3) is 0.500. The van der Waals surface area contributed by atoms with Crippen LogP contribution in [-0.4, -0.2) is 22.0 Å². The van der Waals surface area contributed by atoms with E-state index >= 15 is 0 Å². The van der Waals surface area contributed by atoms with Crippen molar-refractivity contribution in [1.29, 1.82) is 0 Å². The second-order valence-electron chi connectivity index (χ2n) is 4.02. The molecule has 0 atom stereocenters.